The average Bonchev–Trinajstić information content (AvgIpc) is 2.48. The highest BCUT2D eigenvalue weighted by molar-refractivity contribution is 9.10. The summed E-state index contributed by atoms with van der Waals surface area (Å²) in [5.41, 5.74) is 0.109. The molecule has 1 fully saturated rings. The summed E-state index contributed by atoms with van der Waals surface area (Å²) in [5, 5.41) is 12.6. The molecule has 0 unspecified atom stereocenters. The number of ether oxygens (including phenoxy) is 1. The topological polar surface area (TPSA) is 58.6 Å². The van der Waals surface area contributed by atoms with Crippen LogP contribution in [0, 0.1) is 0 Å². The molecule has 1 saturated carbocycles. The van der Waals surface area contributed by atoms with Crippen LogP contribution in [0.3, 0.4) is 0 Å². The zero-order valence-electron chi connectivity index (χ0n) is 11.6. The molecule has 20 heavy (non-hydrogen) atoms. The van der Waals surface area contributed by atoms with Crippen molar-refractivity contribution in [3.8, 4) is 5.75 Å². The fourth-order valence-electron chi connectivity index (χ4n) is 2.67. The number of nitrogens with one attached hydrogen (secondary N) is 1. The van der Waals surface area contributed by atoms with Gasteiger partial charge in [0, 0.05) is 5.56 Å². The predicted octanol–water partition coefficient (Wildman–Crippen LogP) is 2.88. The van der Waals surface area contributed by atoms with Crippen LogP contribution in [0.15, 0.2) is 22.7 Å². The number of methoxy groups -OCH3 is 1. The Morgan fingerprint density at radius 1 is 1.40 bits per heavy atom. The van der Waals surface area contributed by atoms with Crippen molar-refractivity contribution in [1.29, 1.82) is 0 Å². The maximum Gasteiger partial charge on any atom is 0.251 e. The molecule has 0 heterocycles. The van der Waals surface area contributed by atoms with Gasteiger partial charge < -0.3 is 15.2 Å². The number of amides is 1. The van der Waals surface area contributed by atoms with Crippen LogP contribution in [0.4, 0.5) is 0 Å². The van der Waals surface area contributed by atoms with Gasteiger partial charge in [-0.15, -0.1) is 0 Å². The van der Waals surface area contributed by atoms with Crippen LogP contribution in [-0.4, -0.2) is 30.3 Å². The number of carbonyl (C=O) groups excluding carboxylic acids is 1. The zero-order valence-corrected chi connectivity index (χ0v) is 13.2. The lowest BCUT2D eigenvalue weighted by Gasteiger charge is -2.36. The summed E-state index contributed by atoms with van der Waals surface area (Å²) >= 11 is 3.38. The van der Waals surface area contributed by atoms with Crippen molar-refractivity contribution in [2.24, 2.45) is 0 Å². The van der Waals surface area contributed by atoms with E-state index in [4.69, 9.17) is 4.74 Å². The minimum Gasteiger partial charge on any atom is -0.496 e. The molecule has 0 saturated heterocycles. The molecule has 4 nitrogen and oxygen atoms in total. The van der Waals surface area contributed by atoms with Gasteiger partial charge in [0.2, 0.25) is 0 Å². The second-order valence-electron chi connectivity index (χ2n) is 5.30. The first-order chi connectivity index (χ1) is 9.60. The van der Waals surface area contributed by atoms with Crippen molar-refractivity contribution in [3.05, 3.63) is 28.2 Å². The molecule has 0 atom stereocenters. The van der Waals surface area contributed by atoms with Crippen LogP contribution in [0.5, 0.6) is 5.75 Å². The maximum atomic E-state index is 12.3. The summed E-state index contributed by atoms with van der Waals surface area (Å²) in [6.45, 7) is -0.00390. The van der Waals surface area contributed by atoms with Crippen molar-refractivity contribution in [1.82, 2.24) is 5.32 Å². The van der Waals surface area contributed by atoms with Crippen molar-refractivity contribution in [3.63, 3.8) is 0 Å². The van der Waals surface area contributed by atoms with E-state index in [0.717, 1.165) is 30.2 Å². The number of hydrogen-bond donors (Lipinski definition) is 2. The minimum absolute atomic E-state index is 0.00390. The van der Waals surface area contributed by atoms with Crippen molar-refractivity contribution in [2.75, 3.05) is 13.7 Å². The highest BCUT2D eigenvalue weighted by Crippen LogP contribution is 2.29. The third kappa shape index (κ3) is 3.33. The number of rotatable bonds is 4. The first-order valence-corrected chi connectivity index (χ1v) is 7.66. The molecular weight excluding hydrogens is 322 g/mol. The van der Waals surface area contributed by atoms with E-state index in [2.05, 4.69) is 21.2 Å². The minimum atomic E-state index is -0.457. The average molecular weight is 342 g/mol. The Morgan fingerprint density at radius 2 is 2.10 bits per heavy atom. The summed E-state index contributed by atoms with van der Waals surface area (Å²) in [6, 6.07) is 5.22. The van der Waals surface area contributed by atoms with E-state index in [1.807, 2.05) is 0 Å². The van der Waals surface area contributed by atoms with Crippen LogP contribution in [-0.2, 0) is 0 Å². The lowest BCUT2D eigenvalue weighted by Crippen LogP contribution is -2.52. The number of aliphatic hydroxyl groups is 1. The van der Waals surface area contributed by atoms with Gasteiger partial charge in [-0.05, 0) is 47.0 Å². The Labute approximate surface area is 127 Å². The van der Waals surface area contributed by atoms with Crippen molar-refractivity contribution in [2.45, 2.75) is 37.6 Å². The number of benzene rings is 1. The van der Waals surface area contributed by atoms with Gasteiger partial charge in [0.25, 0.3) is 5.91 Å². The Balaban J connectivity index is 2.12. The van der Waals surface area contributed by atoms with Gasteiger partial charge >= 0.3 is 0 Å². The van der Waals surface area contributed by atoms with Gasteiger partial charge in [-0.2, -0.15) is 0 Å². The molecule has 110 valence electrons. The third-order valence-corrected chi connectivity index (χ3v) is 4.53. The van der Waals surface area contributed by atoms with E-state index in [1.54, 1.807) is 25.3 Å². The molecule has 2 N–H and O–H groups in total. The van der Waals surface area contributed by atoms with Crippen molar-refractivity contribution >= 4 is 21.8 Å². The monoisotopic (exact) mass is 341 g/mol. The van der Waals surface area contributed by atoms with Crippen LogP contribution in [0.2, 0.25) is 0 Å². The smallest absolute Gasteiger partial charge is 0.251 e. The van der Waals surface area contributed by atoms with Gasteiger partial charge in [-0.1, -0.05) is 19.3 Å². The summed E-state index contributed by atoms with van der Waals surface area (Å²) in [7, 11) is 1.59. The molecule has 0 aliphatic heterocycles. The lowest BCUT2D eigenvalue weighted by atomic mass is 9.82. The summed E-state index contributed by atoms with van der Waals surface area (Å²) in [4.78, 5) is 12.3. The second-order valence-corrected chi connectivity index (χ2v) is 6.16. The van der Waals surface area contributed by atoms with Crippen LogP contribution < -0.4 is 10.1 Å². The fraction of sp³-hybridized carbons (Fsp3) is 0.533. The van der Waals surface area contributed by atoms with Gasteiger partial charge in [0.15, 0.2) is 0 Å². The van der Waals surface area contributed by atoms with E-state index < -0.39 is 5.54 Å². The number of halogens is 1. The van der Waals surface area contributed by atoms with Crippen molar-refractivity contribution < 1.29 is 14.6 Å². The maximum absolute atomic E-state index is 12.3. The van der Waals surface area contributed by atoms with Crippen LogP contribution >= 0.6 is 15.9 Å². The Hall–Kier alpha value is -1.07. The number of hydrogen-bond acceptors (Lipinski definition) is 3. The molecule has 0 radical (unpaired) electrons. The van der Waals surface area contributed by atoms with E-state index >= 15 is 0 Å². The highest BCUT2D eigenvalue weighted by atomic mass is 79.9. The number of carbonyl (C=O) groups is 1. The highest BCUT2D eigenvalue weighted by Gasteiger charge is 2.33. The van der Waals surface area contributed by atoms with Gasteiger partial charge in [0.1, 0.15) is 5.75 Å². The normalized spacial score (nSPS) is 17.6. The van der Waals surface area contributed by atoms with Gasteiger partial charge in [-0.25, -0.2) is 0 Å². The lowest BCUT2D eigenvalue weighted by molar-refractivity contribution is 0.0758. The fourth-order valence-corrected chi connectivity index (χ4v) is 3.21. The molecule has 0 bridgehead atoms. The van der Waals surface area contributed by atoms with Crippen LogP contribution in [0.25, 0.3) is 0 Å². The molecule has 1 aliphatic rings. The molecule has 1 aliphatic carbocycles. The van der Waals surface area contributed by atoms with E-state index in [9.17, 15) is 9.90 Å². The second kappa shape index (κ2) is 6.59. The molecule has 0 spiro atoms. The molecule has 1 aromatic rings. The Morgan fingerprint density at radius 3 is 2.65 bits per heavy atom. The van der Waals surface area contributed by atoms with E-state index in [0.29, 0.717) is 11.3 Å². The molecule has 1 amide bonds. The standard InChI is InChI=1S/C15H20BrNO3/c1-20-13-6-5-11(9-12(13)16)14(19)17-15(10-18)7-3-2-4-8-15/h5-6,9,18H,2-4,7-8,10H2,1H3,(H,17,19). The van der Waals surface area contributed by atoms with Crippen LogP contribution in [0.1, 0.15) is 42.5 Å². The molecule has 0 aromatic heterocycles. The predicted molar refractivity (Wildman–Crippen MR) is 81.1 cm³/mol. The molecule has 1 aromatic carbocycles. The Kier molecular flexibility index (Phi) is 5.05. The SMILES string of the molecule is COc1ccc(C(=O)NC2(CO)CCCCC2)cc1Br. The van der Waals surface area contributed by atoms with Gasteiger partial charge in [0.05, 0.1) is 23.7 Å². The summed E-state index contributed by atoms with van der Waals surface area (Å²) < 4.78 is 5.90. The number of aliphatic hydroxyl groups excluding tert-OH is 1. The summed E-state index contributed by atoms with van der Waals surface area (Å²) in [5.74, 6) is 0.542. The first-order valence-electron chi connectivity index (χ1n) is 6.87. The quantitative estimate of drug-likeness (QED) is 0.885. The summed E-state index contributed by atoms with van der Waals surface area (Å²) in [6.07, 6.45) is 4.95. The van der Waals surface area contributed by atoms with E-state index in [-0.39, 0.29) is 12.5 Å². The molecular formula is C15H20BrNO3. The largest absolute Gasteiger partial charge is 0.496 e. The first kappa shape index (κ1) is 15.3. The molecule has 2 rings (SSSR count). The molecule has 5 heteroatoms. The third-order valence-electron chi connectivity index (χ3n) is 3.91. The Bertz CT molecular complexity index is 484. The zero-order chi connectivity index (χ0) is 14.6. The van der Waals surface area contributed by atoms with Gasteiger partial charge in [-0.3, -0.25) is 4.79 Å². The van der Waals surface area contributed by atoms with E-state index in [1.165, 1.54) is 6.42 Å².